The molecule has 1 aromatic rings. The van der Waals surface area contributed by atoms with Gasteiger partial charge in [-0.2, -0.15) is 0 Å². The predicted octanol–water partition coefficient (Wildman–Crippen LogP) is 2.72. The summed E-state index contributed by atoms with van der Waals surface area (Å²) < 4.78 is 2.10. The van der Waals surface area contributed by atoms with E-state index in [0.717, 1.165) is 12.2 Å². The minimum Gasteiger partial charge on any atom is -0.315 e. The van der Waals surface area contributed by atoms with Crippen molar-refractivity contribution in [1.82, 2.24) is 9.55 Å². The second-order valence-electron chi connectivity index (χ2n) is 3.41. The largest absolute Gasteiger partial charge is 0.315 e. The van der Waals surface area contributed by atoms with Crippen LogP contribution in [-0.4, -0.2) is 16.1 Å². The number of nitrogens with zero attached hydrogens (tertiary/aromatic N) is 3. The van der Waals surface area contributed by atoms with E-state index in [0.29, 0.717) is 6.04 Å². The molecule has 0 aliphatic carbocycles. The van der Waals surface area contributed by atoms with E-state index in [9.17, 15) is 0 Å². The summed E-state index contributed by atoms with van der Waals surface area (Å²) in [5, 5.41) is 0. The first-order valence-corrected chi connectivity index (χ1v) is 5.70. The smallest absolute Gasteiger partial charge is 0.224 e. The van der Waals surface area contributed by atoms with Gasteiger partial charge in [0.2, 0.25) is 5.62 Å². The second-order valence-corrected chi connectivity index (χ2v) is 3.41. The van der Waals surface area contributed by atoms with Crippen molar-refractivity contribution in [1.29, 1.82) is 0 Å². The number of rotatable bonds is 2. The fourth-order valence-corrected chi connectivity index (χ4v) is 1.18. The Morgan fingerprint density at radius 1 is 1.40 bits per heavy atom. The zero-order chi connectivity index (χ0) is 11.8. The molecule has 0 radical (unpaired) electrons. The van der Waals surface area contributed by atoms with Crippen LogP contribution in [-0.2, 0) is 0 Å². The van der Waals surface area contributed by atoms with E-state index >= 15 is 0 Å². The number of aryl methyl sites for hydroxylation is 1. The molecule has 0 saturated carbocycles. The van der Waals surface area contributed by atoms with Crippen molar-refractivity contribution >= 4 is 0 Å². The molecule has 1 rings (SSSR count). The lowest BCUT2D eigenvalue weighted by atomic mass is 10.3. The van der Waals surface area contributed by atoms with E-state index < -0.39 is 0 Å². The van der Waals surface area contributed by atoms with Crippen molar-refractivity contribution in [3.63, 3.8) is 0 Å². The Labute approximate surface area is 92.9 Å². The highest BCUT2D eigenvalue weighted by Crippen LogP contribution is 2.00. The SMILES string of the molecule is CC.CCN=c1ncc(C)cn1C(C)C. The zero-order valence-electron chi connectivity index (χ0n) is 10.8. The molecule has 0 unspecified atom stereocenters. The molecule has 0 saturated heterocycles. The maximum absolute atomic E-state index is 4.32. The highest BCUT2D eigenvalue weighted by molar-refractivity contribution is 5.00. The summed E-state index contributed by atoms with van der Waals surface area (Å²) in [6, 6.07) is 0.415. The van der Waals surface area contributed by atoms with E-state index in [1.807, 2.05) is 33.9 Å². The molecule has 1 aromatic heterocycles. The van der Waals surface area contributed by atoms with Crippen molar-refractivity contribution in [2.75, 3.05) is 6.54 Å². The molecule has 0 aromatic carbocycles. The molecule has 86 valence electrons. The van der Waals surface area contributed by atoms with Crippen molar-refractivity contribution in [3.05, 3.63) is 23.6 Å². The van der Waals surface area contributed by atoms with Gasteiger partial charge in [0, 0.05) is 25.0 Å². The first-order chi connectivity index (χ1) is 7.15. The Morgan fingerprint density at radius 2 is 2.00 bits per heavy atom. The molecule has 3 heteroatoms. The van der Waals surface area contributed by atoms with Crippen LogP contribution in [0.15, 0.2) is 17.4 Å². The first-order valence-electron chi connectivity index (χ1n) is 5.70. The third-order valence-corrected chi connectivity index (χ3v) is 1.81. The fraction of sp³-hybridized carbons (Fsp3) is 0.667. The molecular formula is C12H23N3. The third-order valence-electron chi connectivity index (χ3n) is 1.81. The van der Waals surface area contributed by atoms with Crippen LogP contribution in [0.3, 0.4) is 0 Å². The van der Waals surface area contributed by atoms with Crippen molar-refractivity contribution in [2.24, 2.45) is 4.99 Å². The molecule has 0 amide bonds. The van der Waals surface area contributed by atoms with Gasteiger partial charge in [-0.25, -0.2) is 4.98 Å². The average molecular weight is 209 g/mol. The fourth-order valence-electron chi connectivity index (χ4n) is 1.18. The quantitative estimate of drug-likeness (QED) is 0.736. The average Bonchev–Trinajstić information content (AvgIpc) is 2.24. The molecule has 0 N–H and O–H groups in total. The van der Waals surface area contributed by atoms with Gasteiger partial charge >= 0.3 is 0 Å². The molecule has 0 fully saturated rings. The van der Waals surface area contributed by atoms with Crippen LogP contribution in [0.5, 0.6) is 0 Å². The maximum Gasteiger partial charge on any atom is 0.224 e. The lowest BCUT2D eigenvalue weighted by Crippen LogP contribution is -2.26. The van der Waals surface area contributed by atoms with Crippen LogP contribution < -0.4 is 5.62 Å². The van der Waals surface area contributed by atoms with E-state index in [2.05, 4.69) is 34.6 Å². The van der Waals surface area contributed by atoms with E-state index in [1.165, 1.54) is 5.56 Å². The van der Waals surface area contributed by atoms with Crippen LogP contribution in [0.2, 0.25) is 0 Å². The molecule has 1 heterocycles. The minimum atomic E-state index is 0.415. The summed E-state index contributed by atoms with van der Waals surface area (Å²) in [6.07, 6.45) is 3.94. The van der Waals surface area contributed by atoms with E-state index in [-0.39, 0.29) is 0 Å². The van der Waals surface area contributed by atoms with E-state index in [4.69, 9.17) is 0 Å². The Balaban J connectivity index is 0.000000921. The monoisotopic (exact) mass is 209 g/mol. The normalized spacial score (nSPS) is 11.3. The summed E-state index contributed by atoms with van der Waals surface area (Å²) in [4.78, 5) is 8.61. The van der Waals surface area contributed by atoms with Gasteiger partial charge in [-0.3, -0.25) is 4.99 Å². The van der Waals surface area contributed by atoms with Crippen molar-refractivity contribution in [3.8, 4) is 0 Å². The van der Waals surface area contributed by atoms with Crippen LogP contribution >= 0.6 is 0 Å². The molecule has 0 atom stereocenters. The lowest BCUT2D eigenvalue weighted by Gasteiger charge is -2.11. The Morgan fingerprint density at radius 3 is 2.47 bits per heavy atom. The Hall–Kier alpha value is -1.12. The molecule has 0 aliphatic heterocycles. The molecule has 15 heavy (non-hydrogen) atoms. The molecule has 0 bridgehead atoms. The highest BCUT2D eigenvalue weighted by Gasteiger charge is 1.98. The van der Waals surface area contributed by atoms with Crippen molar-refractivity contribution < 1.29 is 0 Å². The lowest BCUT2D eigenvalue weighted by molar-refractivity contribution is 0.547. The Kier molecular flexibility index (Phi) is 6.67. The van der Waals surface area contributed by atoms with Gasteiger partial charge in [-0.1, -0.05) is 13.8 Å². The summed E-state index contributed by atoms with van der Waals surface area (Å²) in [5.74, 6) is 0. The van der Waals surface area contributed by atoms with Gasteiger partial charge in [0.15, 0.2) is 0 Å². The highest BCUT2D eigenvalue weighted by atomic mass is 15.1. The van der Waals surface area contributed by atoms with Crippen molar-refractivity contribution in [2.45, 2.75) is 47.6 Å². The van der Waals surface area contributed by atoms with Crippen LogP contribution in [0.4, 0.5) is 0 Å². The number of hydrogen-bond acceptors (Lipinski definition) is 2. The van der Waals surface area contributed by atoms with Gasteiger partial charge in [-0.15, -0.1) is 0 Å². The van der Waals surface area contributed by atoms with Gasteiger partial charge < -0.3 is 4.57 Å². The number of aromatic nitrogens is 2. The molecule has 3 nitrogen and oxygen atoms in total. The van der Waals surface area contributed by atoms with Gasteiger partial charge in [0.1, 0.15) is 0 Å². The summed E-state index contributed by atoms with van der Waals surface area (Å²) in [6.45, 7) is 13.1. The first kappa shape index (κ1) is 13.9. The zero-order valence-corrected chi connectivity index (χ0v) is 10.8. The molecule has 0 spiro atoms. The van der Waals surface area contributed by atoms with E-state index in [1.54, 1.807) is 0 Å². The summed E-state index contributed by atoms with van der Waals surface area (Å²) in [5.41, 5.74) is 1.99. The third kappa shape index (κ3) is 4.28. The maximum atomic E-state index is 4.32. The van der Waals surface area contributed by atoms with Crippen LogP contribution in [0, 0.1) is 6.92 Å². The Bertz CT molecular complexity index is 337. The number of hydrogen-bond donors (Lipinski definition) is 0. The standard InChI is InChI=1S/C10H17N3.C2H6/c1-5-11-10-12-6-9(4)7-13(10)8(2)3;1-2/h6-8H,5H2,1-4H3;1-2H3. The van der Waals surface area contributed by atoms with Crippen LogP contribution in [0.25, 0.3) is 0 Å². The predicted molar refractivity (Wildman–Crippen MR) is 64.8 cm³/mol. The minimum absolute atomic E-state index is 0.415. The summed E-state index contributed by atoms with van der Waals surface area (Å²) in [7, 11) is 0. The topological polar surface area (TPSA) is 30.2 Å². The van der Waals surface area contributed by atoms with Gasteiger partial charge in [-0.05, 0) is 33.3 Å². The van der Waals surface area contributed by atoms with Gasteiger partial charge in [0.05, 0.1) is 0 Å². The second kappa shape index (κ2) is 7.21. The molecular weight excluding hydrogens is 186 g/mol. The molecule has 0 aliphatic rings. The van der Waals surface area contributed by atoms with Gasteiger partial charge in [0.25, 0.3) is 0 Å². The summed E-state index contributed by atoms with van der Waals surface area (Å²) >= 11 is 0. The van der Waals surface area contributed by atoms with Crippen LogP contribution in [0.1, 0.15) is 46.2 Å².